The van der Waals surface area contributed by atoms with E-state index in [2.05, 4.69) is 0 Å². The number of likely N-dealkylation sites (N-methyl/N-ethyl adjacent to an activating group) is 1. The Morgan fingerprint density at radius 2 is 1.72 bits per heavy atom. The Morgan fingerprint density at radius 3 is 2.34 bits per heavy atom. The fourth-order valence-corrected chi connectivity index (χ4v) is 3.32. The molecular weight excluding hydrogens is 426 g/mol. The second kappa shape index (κ2) is 9.65. The summed E-state index contributed by atoms with van der Waals surface area (Å²) >= 11 is 6.52. The number of halogens is 1. The Hall–Kier alpha value is -2.99. The maximum Gasteiger partial charge on any atom is 0.410 e. The smallest absolute Gasteiger partial charge is 0.410 e. The molecule has 0 aliphatic carbocycles. The van der Waals surface area contributed by atoms with Crippen molar-refractivity contribution in [3.63, 3.8) is 0 Å². The van der Waals surface area contributed by atoms with E-state index in [0.717, 1.165) is 27.8 Å². The summed E-state index contributed by atoms with van der Waals surface area (Å²) in [6.45, 7) is 6.32. The Kier molecular flexibility index (Phi) is 7.14. The summed E-state index contributed by atoms with van der Waals surface area (Å²) in [6, 6.07) is 15.6. The fourth-order valence-electron chi connectivity index (χ4n) is 3.05. The van der Waals surface area contributed by atoms with Gasteiger partial charge >= 0.3 is 6.09 Å². The predicted molar refractivity (Wildman–Crippen MR) is 131 cm³/mol. The van der Waals surface area contributed by atoms with Gasteiger partial charge in [0.25, 0.3) is 0 Å². The van der Waals surface area contributed by atoms with E-state index in [4.69, 9.17) is 26.1 Å². The number of nitrogens with zero attached hydrogens (tertiary/aromatic N) is 3. The summed E-state index contributed by atoms with van der Waals surface area (Å²) in [5.41, 5.74) is 3.15. The van der Waals surface area contributed by atoms with E-state index < -0.39 is 5.60 Å². The Bertz CT molecular complexity index is 1090. The number of ether oxygens (including phenoxy) is 2. The van der Waals surface area contributed by atoms with Crippen LogP contribution < -0.4 is 9.64 Å². The summed E-state index contributed by atoms with van der Waals surface area (Å²) < 4.78 is 11.1. The van der Waals surface area contributed by atoms with Gasteiger partial charge < -0.3 is 19.3 Å². The lowest BCUT2D eigenvalue weighted by molar-refractivity contribution is 0.0278. The van der Waals surface area contributed by atoms with Crippen molar-refractivity contribution in [2.45, 2.75) is 26.4 Å². The van der Waals surface area contributed by atoms with Gasteiger partial charge in [0.15, 0.2) is 0 Å². The van der Waals surface area contributed by atoms with Gasteiger partial charge in [-0.3, -0.25) is 0 Å². The minimum absolute atomic E-state index is 0.364. The highest BCUT2D eigenvalue weighted by molar-refractivity contribution is 6.35. The van der Waals surface area contributed by atoms with E-state index in [0.29, 0.717) is 23.9 Å². The zero-order valence-electron chi connectivity index (χ0n) is 19.5. The molecule has 0 bridgehead atoms. The van der Waals surface area contributed by atoms with E-state index in [1.165, 1.54) is 4.90 Å². The molecule has 7 heteroatoms. The van der Waals surface area contributed by atoms with Crippen molar-refractivity contribution in [3.8, 4) is 17.0 Å². The second-order valence-corrected chi connectivity index (χ2v) is 9.27. The van der Waals surface area contributed by atoms with Gasteiger partial charge in [-0.2, -0.15) is 0 Å². The van der Waals surface area contributed by atoms with Crippen LogP contribution in [0.4, 0.5) is 10.5 Å². The molecule has 0 radical (unpaired) electrons. The van der Waals surface area contributed by atoms with Crippen molar-refractivity contribution < 1.29 is 14.3 Å². The highest BCUT2D eigenvalue weighted by atomic mass is 35.5. The predicted octanol–water partition coefficient (Wildman–Crippen LogP) is 5.87. The normalized spacial score (nSPS) is 11.3. The first-order valence-electron chi connectivity index (χ1n) is 10.5. The first-order valence-corrected chi connectivity index (χ1v) is 10.9. The average Bonchev–Trinajstić information content (AvgIpc) is 2.72. The van der Waals surface area contributed by atoms with E-state index >= 15 is 0 Å². The first-order chi connectivity index (χ1) is 15.0. The van der Waals surface area contributed by atoms with Crippen LogP contribution >= 0.6 is 11.6 Å². The Labute approximate surface area is 194 Å². The number of pyridine rings is 1. The number of anilines is 1. The van der Waals surface area contributed by atoms with Gasteiger partial charge in [0.1, 0.15) is 18.0 Å². The van der Waals surface area contributed by atoms with Crippen LogP contribution in [0.1, 0.15) is 20.8 Å². The molecule has 0 aliphatic heterocycles. The van der Waals surface area contributed by atoms with Crippen LogP contribution in [0, 0.1) is 0 Å². The number of benzene rings is 2. The molecule has 0 spiro atoms. The molecular formula is C25H30ClN3O3. The van der Waals surface area contributed by atoms with Crippen molar-refractivity contribution in [1.29, 1.82) is 0 Å². The minimum atomic E-state index is -0.518. The molecule has 3 rings (SSSR count). The molecule has 0 saturated carbocycles. The highest BCUT2D eigenvalue weighted by Crippen LogP contribution is 2.31. The highest BCUT2D eigenvalue weighted by Gasteiger charge is 2.19. The van der Waals surface area contributed by atoms with Gasteiger partial charge in [-0.05, 0) is 69.3 Å². The summed E-state index contributed by atoms with van der Waals surface area (Å²) in [5, 5.41) is 1.59. The number of carbonyl (C=O) groups is 1. The fraction of sp³-hybridized carbons (Fsp3) is 0.360. The van der Waals surface area contributed by atoms with Crippen molar-refractivity contribution in [1.82, 2.24) is 9.88 Å². The first kappa shape index (κ1) is 23.7. The maximum absolute atomic E-state index is 12.0. The second-order valence-electron chi connectivity index (χ2n) is 8.86. The monoisotopic (exact) mass is 455 g/mol. The van der Waals surface area contributed by atoms with E-state index in [1.807, 2.05) is 88.3 Å². The number of rotatable bonds is 6. The summed E-state index contributed by atoms with van der Waals surface area (Å²) in [7, 11) is 5.69. The molecule has 170 valence electrons. The lowest BCUT2D eigenvalue weighted by atomic mass is 10.1. The molecule has 6 nitrogen and oxygen atoms in total. The number of hydrogen-bond acceptors (Lipinski definition) is 5. The third kappa shape index (κ3) is 6.04. The SMILES string of the molecule is CN(CCOc1ccc(-c2cc(Cl)c3ccc(N(C)C)cc3n2)cc1)C(=O)OC(C)(C)C. The molecule has 0 unspecified atom stereocenters. The van der Waals surface area contributed by atoms with Crippen molar-refractivity contribution in [3.05, 3.63) is 53.6 Å². The zero-order chi connectivity index (χ0) is 23.5. The van der Waals surface area contributed by atoms with E-state index in [9.17, 15) is 4.79 Å². The number of aromatic nitrogens is 1. The van der Waals surface area contributed by atoms with E-state index in [-0.39, 0.29) is 6.09 Å². The van der Waals surface area contributed by atoms with Crippen LogP contribution in [0.3, 0.4) is 0 Å². The maximum atomic E-state index is 12.0. The Morgan fingerprint density at radius 1 is 1.03 bits per heavy atom. The molecule has 0 atom stereocenters. The molecule has 32 heavy (non-hydrogen) atoms. The number of carbonyl (C=O) groups excluding carboxylic acids is 1. The minimum Gasteiger partial charge on any atom is -0.492 e. The van der Waals surface area contributed by atoms with Gasteiger partial charge in [-0.1, -0.05) is 11.6 Å². The lowest BCUT2D eigenvalue weighted by Gasteiger charge is -2.24. The molecule has 1 amide bonds. The average molecular weight is 456 g/mol. The van der Waals surface area contributed by atoms with Gasteiger partial charge in [-0.25, -0.2) is 9.78 Å². The standard InChI is InChI=1S/C25H30ClN3O3/c1-25(2,3)32-24(30)29(6)13-14-31-19-10-7-17(8-11-19)22-16-21(26)20-12-9-18(28(4)5)15-23(20)27-22/h7-12,15-16H,13-14H2,1-6H3. The molecule has 3 aromatic rings. The van der Waals surface area contributed by atoms with Crippen molar-refractivity contribution in [2.75, 3.05) is 39.2 Å². The molecule has 1 heterocycles. The summed E-state index contributed by atoms with van der Waals surface area (Å²) in [4.78, 5) is 20.4. The summed E-state index contributed by atoms with van der Waals surface area (Å²) in [6.07, 6.45) is -0.367. The van der Waals surface area contributed by atoms with Crippen molar-refractivity contribution >= 4 is 34.3 Å². The largest absolute Gasteiger partial charge is 0.492 e. The van der Waals surface area contributed by atoms with Gasteiger partial charge in [-0.15, -0.1) is 0 Å². The molecule has 2 aromatic carbocycles. The molecule has 0 aliphatic rings. The number of hydrogen-bond donors (Lipinski definition) is 0. The number of fused-ring (bicyclic) bond motifs is 1. The molecule has 0 fully saturated rings. The van der Waals surface area contributed by atoms with Gasteiger partial charge in [0, 0.05) is 37.8 Å². The molecule has 1 aromatic heterocycles. The third-order valence-electron chi connectivity index (χ3n) is 4.81. The van der Waals surface area contributed by atoms with Crippen LogP contribution in [-0.2, 0) is 4.74 Å². The van der Waals surface area contributed by atoms with Crippen LogP contribution in [-0.4, -0.2) is 55.9 Å². The van der Waals surface area contributed by atoms with E-state index in [1.54, 1.807) is 7.05 Å². The third-order valence-corrected chi connectivity index (χ3v) is 5.12. The molecule has 0 saturated heterocycles. The number of amides is 1. The van der Waals surface area contributed by atoms with Gasteiger partial charge in [0.05, 0.1) is 22.8 Å². The topological polar surface area (TPSA) is 54.9 Å². The van der Waals surface area contributed by atoms with Crippen LogP contribution in [0.25, 0.3) is 22.2 Å². The Balaban J connectivity index is 1.66. The lowest BCUT2D eigenvalue weighted by Crippen LogP contribution is -2.36. The van der Waals surface area contributed by atoms with Crippen LogP contribution in [0.2, 0.25) is 5.02 Å². The summed E-state index contributed by atoms with van der Waals surface area (Å²) in [5.74, 6) is 0.716. The quantitative estimate of drug-likeness (QED) is 0.465. The van der Waals surface area contributed by atoms with Crippen LogP contribution in [0.5, 0.6) is 5.75 Å². The van der Waals surface area contributed by atoms with Crippen molar-refractivity contribution in [2.24, 2.45) is 0 Å². The van der Waals surface area contributed by atoms with Crippen LogP contribution in [0.15, 0.2) is 48.5 Å². The zero-order valence-corrected chi connectivity index (χ0v) is 20.2. The molecule has 0 N–H and O–H groups in total. The van der Waals surface area contributed by atoms with Gasteiger partial charge in [0.2, 0.25) is 0 Å².